The Balaban J connectivity index is 2.40. The van der Waals surface area contributed by atoms with Gasteiger partial charge in [-0.2, -0.15) is 0 Å². The predicted octanol–water partition coefficient (Wildman–Crippen LogP) is -0.502. The van der Waals surface area contributed by atoms with Crippen LogP contribution >= 0.6 is 0 Å². The number of rotatable bonds is 5. The average molecular weight is 230 g/mol. The van der Waals surface area contributed by atoms with Crippen molar-refractivity contribution in [1.29, 1.82) is 0 Å². The van der Waals surface area contributed by atoms with Crippen LogP contribution in [0.4, 0.5) is 0 Å². The van der Waals surface area contributed by atoms with Crippen molar-refractivity contribution in [3.8, 4) is 0 Å². The molecule has 0 bridgehead atoms. The van der Waals surface area contributed by atoms with E-state index in [1.54, 1.807) is 0 Å². The van der Waals surface area contributed by atoms with Gasteiger partial charge in [0.25, 0.3) is 0 Å². The normalized spacial score (nSPS) is 23.1. The lowest BCUT2D eigenvalue weighted by Crippen LogP contribution is -2.54. The van der Waals surface area contributed by atoms with Crippen molar-refractivity contribution >= 4 is 5.91 Å². The first kappa shape index (κ1) is 13.4. The quantitative estimate of drug-likeness (QED) is 0.595. The van der Waals surface area contributed by atoms with Gasteiger partial charge in [-0.25, -0.2) is 0 Å². The Bertz CT molecular complexity index is 215. The Labute approximate surface area is 96.6 Å². The Morgan fingerprint density at radius 1 is 1.62 bits per heavy atom. The van der Waals surface area contributed by atoms with Gasteiger partial charge in [-0.05, 0) is 12.3 Å². The van der Waals surface area contributed by atoms with Crippen LogP contribution in [-0.2, 0) is 9.53 Å². The summed E-state index contributed by atoms with van der Waals surface area (Å²) in [4.78, 5) is 11.9. The molecule has 3 N–H and O–H groups in total. The largest absolute Gasteiger partial charge is 0.396 e. The highest BCUT2D eigenvalue weighted by molar-refractivity contribution is 5.82. The smallest absolute Gasteiger partial charge is 0.239 e. The van der Waals surface area contributed by atoms with Crippen LogP contribution in [0.15, 0.2) is 0 Å². The molecule has 5 heteroatoms. The van der Waals surface area contributed by atoms with Crippen LogP contribution < -0.4 is 10.6 Å². The summed E-state index contributed by atoms with van der Waals surface area (Å²) in [5.74, 6) is 0.285. The average Bonchev–Trinajstić information content (AvgIpc) is 2.29. The van der Waals surface area contributed by atoms with Gasteiger partial charge in [-0.3, -0.25) is 4.79 Å². The maximum Gasteiger partial charge on any atom is 0.239 e. The van der Waals surface area contributed by atoms with E-state index in [0.717, 1.165) is 0 Å². The van der Waals surface area contributed by atoms with Crippen molar-refractivity contribution in [3.63, 3.8) is 0 Å². The first-order chi connectivity index (χ1) is 7.65. The molecule has 1 saturated heterocycles. The molecule has 0 radical (unpaired) electrons. The van der Waals surface area contributed by atoms with Crippen molar-refractivity contribution in [2.75, 3.05) is 26.4 Å². The molecule has 5 nitrogen and oxygen atoms in total. The van der Waals surface area contributed by atoms with Gasteiger partial charge in [0.1, 0.15) is 6.04 Å². The highest BCUT2D eigenvalue weighted by Gasteiger charge is 2.24. The van der Waals surface area contributed by atoms with E-state index in [9.17, 15) is 4.79 Å². The molecule has 1 fully saturated rings. The number of carbonyl (C=O) groups excluding carboxylic acids is 1. The fourth-order valence-corrected chi connectivity index (χ4v) is 1.73. The highest BCUT2D eigenvalue weighted by Crippen LogP contribution is 2.06. The number of amides is 1. The third-order valence-corrected chi connectivity index (χ3v) is 2.81. The number of morpholine rings is 1. The second kappa shape index (κ2) is 6.83. The van der Waals surface area contributed by atoms with E-state index in [-0.39, 0.29) is 24.6 Å². The third-order valence-electron chi connectivity index (χ3n) is 2.81. The third kappa shape index (κ3) is 4.08. The minimum absolute atomic E-state index is 0.0289. The molecule has 0 aromatic carbocycles. The molecular weight excluding hydrogens is 208 g/mol. The van der Waals surface area contributed by atoms with Gasteiger partial charge in [0.15, 0.2) is 0 Å². The van der Waals surface area contributed by atoms with Gasteiger partial charge >= 0.3 is 0 Å². The van der Waals surface area contributed by atoms with Crippen molar-refractivity contribution in [3.05, 3.63) is 0 Å². The molecule has 1 heterocycles. The van der Waals surface area contributed by atoms with Crippen LogP contribution in [0.3, 0.4) is 0 Å². The van der Waals surface area contributed by atoms with Crippen molar-refractivity contribution in [1.82, 2.24) is 10.6 Å². The van der Waals surface area contributed by atoms with Crippen LogP contribution in [0.25, 0.3) is 0 Å². The van der Waals surface area contributed by atoms with Gasteiger partial charge in [0, 0.05) is 19.2 Å². The van der Waals surface area contributed by atoms with Gasteiger partial charge in [0.2, 0.25) is 5.91 Å². The zero-order chi connectivity index (χ0) is 12.0. The monoisotopic (exact) mass is 230 g/mol. The lowest BCUT2D eigenvalue weighted by atomic mass is 10.0. The maximum atomic E-state index is 11.9. The molecule has 1 aliphatic heterocycles. The summed E-state index contributed by atoms with van der Waals surface area (Å²) in [7, 11) is 0. The van der Waals surface area contributed by atoms with Crippen LogP contribution in [0.5, 0.6) is 0 Å². The molecule has 2 unspecified atom stereocenters. The van der Waals surface area contributed by atoms with E-state index in [0.29, 0.717) is 32.1 Å². The second-order valence-electron chi connectivity index (χ2n) is 4.45. The number of carbonyl (C=O) groups is 1. The summed E-state index contributed by atoms with van der Waals surface area (Å²) >= 11 is 0. The van der Waals surface area contributed by atoms with Crippen molar-refractivity contribution in [2.24, 2.45) is 5.92 Å². The minimum Gasteiger partial charge on any atom is -0.396 e. The Hall–Kier alpha value is -0.650. The van der Waals surface area contributed by atoms with Crippen LogP contribution in [0.1, 0.15) is 20.3 Å². The minimum atomic E-state index is -0.256. The highest BCUT2D eigenvalue weighted by atomic mass is 16.5. The van der Waals surface area contributed by atoms with E-state index in [1.807, 2.05) is 13.8 Å². The second-order valence-corrected chi connectivity index (χ2v) is 4.45. The summed E-state index contributed by atoms with van der Waals surface area (Å²) in [6.45, 7) is 5.96. The van der Waals surface area contributed by atoms with Crippen molar-refractivity contribution < 1.29 is 14.6 Å². The summed E-state index contributed by atoms with van der Waals surface area (Å²) < 4.78 is 5.23. The molecule has 1 amide bonds. The predicted molar refractivity (Wildman–Crippen MR) is 61.1 cm³/mol. The number of nitrogens with one attached hydrogen (secondary N) is 2. The topological polar surface area (TPSA) is 70.6 Å². The van der Waals surface area contributed by atoms with Gasteiger partial charge < -0.3 is 20.5 Å². The van der Waals surface area contributed by atoms with Crippen LogP contribution in [0.2, 0.25) is 0 Å². The SMILES string of the molecule is CC(C)C(CCO)NC(=O)C1COCCN1. The summed E-state index contributed by atoms with van der Waals surface area (Å²) in [5, 5.41) is 15.0. The lowest BCUT2D eigenvalue weighted by Gasteiger charge is -2.27. The molecular formula is C11H22N2O3. The van der Waals surface area contributed by atoms with E-state index in [2.05, 4.69) is 10.6 Å². The number of aliphatic hydroxyl groups is 1. The number of ether oxygens (including phenoxy) is 1. The van der Waals surface area contributed by atoms with E-state index < -0.39 is 0 Å². The Morgan fingerprint density at radius 3 is 2.88 bits per heavy atom. The lowest BCUT2D eigenvalue weighted by molar-refractivity contribution is -0.127. The zero-order valence-electron chi connectivity index (χ0n) is 10.0. The van der Waals surface area contributed by atoms with Gasteiger partial charge in [-0.15, -0.1) is 0 Å². The molecule has 0 saturated carbocycles. The molecule has 0 aromatic rings. The molecule has 2 atom stereocenters. The number of aliphatic hydroxyl groups excluding tert-OH is 1. The fourth-order valence-electron chi connectivity index (χ4n) is 1.73. The maximum absolute atomic E-state index is 11.9. The van der Waals surface area contributed by atoms with Gasteiger partial charge in [0.05, 0.1) is 13.2 Å². The first-order valence-electron chi connectivity index (χ1n) is 5.87. The van der Waals surface area contributed by atoms with Crippen LogP contribution in [0, 0.1) is 5.92 Å². The summed E-state index contributed by atoms with van der Waals surface area (Å²) in [5.41, 5.74) is 0. The number of hydrogen-bond donors (Lipinski definition) is 3. The molecule has 16 heavy (non-hydrogen) atoms. The summed E-state index contributed by atoms with van der Waals surface area (Å²) in [6, 6.07) is -0.227. The zero-order valence-corrected chi connectivity index (χ0v) is 10.0. The fraction of sp³-hybridized carbons (Fsp3) is 0.909. The van der Waals surface area contributed by atoms with E-state index in [1.165, 1.54) is 0 Å². The standard InChI is InChI=1S/C11H22N2O3/c1-8(2)9(3-5-14)13-11(15)10-7-16-6-4-12-10/h8-10,12,14H,3-7H2,1-2H3,(H,13,15). The van der Waals surface area contributed by atoms with Crippen molar-refractivity contribution in [2.45, 2.75) is 32.4 Å². The molecule has 0 spiro atoms. The molecule has 1 aliphatic rings. The molecule has 0 aliphatic carbocycles. The molecule has 0 aromatic heterocycles. The van der Waals surface area contributed by atoms with E-state index in [4.69, 9.17) is 9.84 Å². The Kier molecular flexibility index (Phi) is 5.73. The molecule has 1 rings (SSSR count). The van der Waals surface area contributed by atoms with Crippen LogP contribution in [-0.4, -0.2) is 49.5 Å². The molecule has 94 valence electrons. The van der Waals surface area contributed by atoms with E-state index >= 15 is 0 Å². The summed E-state index contributed by atoms with van der Waals surface area (Å²) in [6.07, 6.45) is 0.594. The number of hydrogen-bond acceptors (Lipinski definition) is 4. The Morgan fingerprint density at radius 2 is 2.38 bits per heavy atom. The van der Waals surface area contributed by atoms with Gasteiger partial charge in [-0.1, -0.05) is 13.8 Å². The first-order valence-corrected chi connectivity index (χ1v) is 5.87.